The van der Waals surface area contributed by atoms with E-state index in [9.17, 15) is 13.2 Å². The quantitative estimate of drug-likeness (QED) is 0.703. The van der Waals surface area contributed by atoms with Gasteiger partial charge in [-0.2, -0.15) is 0 Å². The third-order valence-electron chi connectivity index (χ3n) is 4.36. The number of nitrogens with one attached hydrogen (secondary N) is 1. The number of methoxy groups -OCH3 is 1. The summed E-state index contributed by atoms with van der Waals surface area (Å²) in [7, 11) is -2.31. The largest absolute Gasteiger partial charge is 0.495 e. The third kappa shape index (κ3) is 5.62. The summed E-state index contributed by atoms with van der Waals surface area (Å²) in [5.41, 5.74) is 2.36. The molecule has 0 unspecified atom stereocenters. The maximum Gasteiger partial charge on any atom is 0.241 e. The molecule has 1 N–H and O–H groups in total. The van der Waals surface area contributed by atoms with E-state index in [0.29, 0.717) is 10.8 Å². The van der Waals surface area contributed by atoms with Crippen molar-refractivity contribution in [2.24, 2.45) is 0 Å². The van der Waals surface area contributed by atoms with Crippen molar-refractivity contribution in [1.29, 1.82) is 0 Å². The topological polar surface area (TPSA) is 75.7 Å². The van der Waals surface area contributed by atoms with Crippen LogP contribution in [0.5, 0.6) is 5.75 Å². The van der Waals surface area contributed by atoms with Crippen molar-refractivity contribution in [3.05, 3.63) is 58.6 Å². The molecule has 152 valence electrons. The fourth-order valence-electron chi connectivity index (χ4n) is 2.78. The number of carbonyl (C=O) groups excluding carboxylic acids is 1. The van der Waals surface area contributed by atoms with E-state index >= 15 is 0 Å². The number of sulfonamides is 1. The van der Waals surface area contributed by atoms with Gasteiger partial charge in [-0.25, -0.2) is 8.42 Å². The van der Waals surface area contributed by atoms with Gasteiger partial charge >= 0.3 is 0 Å². The molecule has 0 fully saturated rings. The van der Waals surface area contributed by atoms with Crippen molar-refractivity contribution >= 4 is 33.2 Å². The smallest absolute Gasteiger partial charge is 0.241 e. The minimum atomic E-state index is -3.74. The van der Waals surface area contributed by atoms with Crippen molar-refractivity contribution in [2.45, 2.75) is 26.3 Å². The van der Waals surface area contributed by atoms with Gasteiger partial charge in [0.05, 0.1) is 25.1 Å². The van der Waals surface area contributed by atoms with E-state index in [0.717, 1.165) is 22.5 Å². The van der Waals surface area contributed by atoms with Crippen LogP contribution in [0, 0.1) is 0 Å². The summed E-state index contributed by atoms with van der Waals surface area (Å²) in [6, 6.07) is 12.3. The van der Waals surface area contributed by atoms with Gasteiger partial charge in [-0.3, -0.25) is 9.10 Å². The molecule has 0 spiro atoms. The molecule has 2 aromatic carbocycles. The second-order valence-electron chi connectivity index (χ2n) is 6.47. The van der Waals surface area contributed by atoms with E-state index < -0.39 is 15.9 Å². The maximum absolute atomic E-state index is 12.6. The lowest BCUT2D eigenvalue weighted by atomic mass is 10.1. The zero-order chi connectivity index (χ0) is 20.9. The number of ether oxygens (including phenoxy) is 1. The first kappa shape index (κ1) is 22.0. The standard InChI is InChI=1S/C20H25ClN2O4S/c1-5-15-6-8-16(9-7-15)14(2)22-20(24)13-23(28(4,25)26)18-12-17(21)10-11-19(18)27-3/h6-12,14H,5,13H2,1-4H3,(H,22,24)/t14-/m1/s1. The Balaban J connectivity index is 2.21. The summed E-state index contributed by atoms with van der Waals surface area (Å²) in [6.45, 7) is 3.54. The minimum Gasteiger partial charge on any atom is -0.495 e. The van der Waals surface area contributed by atoms with Crippen LogP contribution in [0.1, 0.15) is 31.0 Å². The molecule has 1 atom stereocenters. The molecule has 0 saturated heterocycles. The Bertz CT molecular complexity index is 930. The van der Waals surface area contributed by atoms with E-state index in [1.165, 1.54) is 18.7 Å². The Morgan fingerprint density at radius 3 is 2.39 bits per heavy atom. The second-order valence-corrected chi connectivity index (χ2v) is 8.81. The average Bonchev–Trinajstić information content (AvgIpc) is 2.65. The fourth-order valence-corrected chi connectivity index (χ4v) is 3.80. The number of halogens is 1. The molecular formula is C20H25ClN2O4S. The van der Waals surface area contributed by atoms with E-state index in [1.54, 1.807) is 12.1 Å². The molecule has 0 aliphatic heterocycles. The lowest BCUT2D eigenvalue weighted by molar-refractivity contribution is -0.120. The molecule has 0 saturated carbocycles. The molecule has 2 rings (SSSR count). The van der Waals surface area contributed by atoms with Crippen molar-refractivity contribution in [2.75, 3.05) is 24.2 Å². The van der Waals surface area contributed by atoms with Crippen LogP contribution in [0.3, 0.4) is 0 Å². The van der Waals surface area contributed by atoms with Crippen molar-refractivity contribution in [3.8, 4) is 5.75 Å². The Hall–Kier alpha value is -2.25. The number of carbonyl (C=O) groups is 1. The highest BCUT2D eigenvalue weighted by atomic mass is 35.5. The second kappa shape index (κ2) is 9.30. The molecule has 6 nitrogen and oxygen atoms in total. The number of amides is 1. The van der Waals surface area contributed by atoms with E-state index in [2.05, 4.69) is 12.2 Å². The molecule has 1 amide bonds. The molecule has 2 aromatic rings. The zero-order valence-electron chi connectivity index (χ0n) is 16.4. The monoisotopic (exact) mass is 424 g/mol. The van der Waals surface area contributed by atoms with Gasteiger partial charge in [-0.1, -0.05) is 42.8 Å². The van der Waals surface area contributed by atoms with Crippen LogP contribution in [0.4, 0.5) is 5.69 Å². The van der Waals surface area contributed by atoms with Crippen LogP contribution in [0.25, 0.3) is 0 Å². The molecule has 0 bridgehead atoms. The Morgan fingerprint density at radius 2 is 1.86 bits per heavy atom. The Kier molecular flexibility index (Phi) is 7.32. The molecule has 28 heavy (non-hydrogen) atoms. The molecule has 0 heterocycles. The van der Waals surface area contributed by atoms with Gasteiger partial charge in [-0.15, -0.1) is 0 Å². The van der Waals surface area contributed by atoms with Gasteiger partial charge in [0.1, 0.15) is 12.3 Å². The highest BCUT2D eigenvalue weighted by molar-refractivity contribution is 7.92. The Labute approximate surface area is 171 Å². The van der Waals surface area contributed by atoms with E-state index in [-0.39, 0.29) is 18.3 Å². The van der Waals surface area contributed by atoms with Gasteiger partial charge < -0.3 is 10.1 Å². The maximum atomic E-state index is 12.6. The molecule has 0 radical (unpaired) electrons. The first-order valence-electron chi connectivity index (χ1n) is 8.85. The van der Waals surface area contributed by atoms with Crippen LogP contribution in [0.2, 0.25) is 5.02 Å². The van der Waals surface area contributed by atoms with E-state index in [4.69, 9.17) is 16.3 Å². The highest BCUT2D eigenvalue weighted by Crippen LogP contribution is 2.32. The molecule has 0 aliphatic carbocycles. The first-order valence-corrected chi connectivity index (χ1v) is 11.1. The van der Waals surface area contributed by atoms with Crippen LogP contribution in [0.15, 0.2) is 42.5 Å². The number of anilines is 1. The zero-order valence-corrected chi connectivity index (χ0v) is 18.0. The van der Waals surface area contributed by atoms with Gasteiger partial charge in [0, 0.05) is 5.02 Å². The molecular weight excluding hydrogens is 400 g/mol. The minimum absolute atomic E-state index is 0.215. The van der Waals surface area contributed by atoms with Crippen LogP contribution in [-0.2, 0) is 21.2 Å². The van der Waals surface area contributed by atoms with Crippen molar-refractivity contribution in [3.63, 3.8) is 0 Å². The lowest BCUT2D eigenvalue weighted by Gasteiger charge is -2.25. The number of hydrogen-bond donors (Lipinski definition) is 1. The summed E-state index contributed by atoms with van der Waals surface area (Å²) in [6.07, 6.45) is 1.97. The van der Waals surface area contributed by atoms with Gasteiger partial charge in [-0.05, 0) is 42.7 Å². The summed E-state index contributed by atoms with van der Waals surface area (Å²) in [4.78, 5) is 12.6. The SMILES string of the molecule is CCc1ccc([C@@H](C)NC(=O)CN(c2cc(Cl)ccc2OC)S(C)(=O)=O)cc1. The van der Waals surface area contributed by atoms with Crippen molar-refractivity contribution < 1.29 is 17.9 Å². The van der Waals surface area contributed by atoms with Crippen LogP contribution >= 0.6 is 11.6 Å². The van der Waals surface area contributed by atoms with Crippen molar-refractivity contribution in [1.82, 2.24) is 5.32 Å². The number of aryl methyl sites for hydroxylation is 1. The summed E-state index contributed by atoms with van der Waals surface area (Å²) in [5, 5.41) is 3.18. The number of hydrogen-bond acceptors (Lipinski definition) is 4. The highest BCUT2D eigenvalue weighted by Gasteiger charge is 2.25. The molecule has 0 aliphatic rings. The number of benzene rings is 2. The summed E-state index contributed by atoms with van der Waals surface area (Å²) in [5.74, 6) is -0.120. The molecule has 0 aromatic heterocycles. The van der Waals surface area contributed by atoms with Crippen LogP contribution < -0.4 is 14.4 Å². The summed E-state index contributed by atoms with van der Waals surface area (Å²) < 4.78 is 30.9. The van der Waals surface area contributed by atoms with Crippen LogP contribution in [-0.4, -0.2) is 34.2 Å². The summed E-state index contributed by atoms with van der Waals surface area (Å²) >= 11 is 6.02. The average molecular weight is 425 g/mol. The first-order chi connectivity index (χ1) is 13.2. The predicted molar refractivity (Wildman–Crippen MR) is 113 cm³/mol. The lowest BCUT2D eigenvalue weighted by Crippen LogP contribution is -2.41. The van der Waals surface area contributed by atoms with Gasteiger partial charge in [0.25, 0.3) is 0 Å². The molecule has 8 heteroatoms. The van der Waals surface area contributed by atoms with E-state index in [1.807, 2.05) is 31.2 Å². The third-order valence-corrected chi connectivity index (χ3v) is 5.72. The normalized spacial score (nSPS) is 12.3. The number of nitrogens with zero attached hydrogens (tertiary/aromatic N) is 1. The van der Waals surface area contributed by atoms with Gasteiger partial charge in [0.2, 0.25) is 15.9 Å². The number of rotatable bonds is 8. The fraction of sp³-hybridized carbons (Fsp3) is 0.350. The Morgan fingerprint density at radius 1 is 1.21 bits per heavy atom. The van der Waals surface area contributed by atoms with Gasteiger partial charge in [0.15, 0.2) is 0 Å². The predicted octanol–water partition coefficient (Wildman–Crippen LogP) is 3.55.